The average Bonchev–Trinajstić information content (AvgIpc) is 3.32. The summed E-state index contributed by atoms with van der Waals surface area (Å²) in [5.74, 6) is 1.27. The summed E-state index contributed by atoms with van der Waals surface area (Å²) in [6, 6.07) is 10.5. The molecule has 3 heterocycles. The molecule has 3 aromatic rings. The van der Waals surface area contributed by atoms with Crippen molar-refractivity contribution in [3.05, 3.63) is 65.0 Å². The monoisotopic (exact) mass is 440 g/mol. The fraction of sp³-hybridized carbons (Fsp3) is 0.348. The first-order valence-electron chi connectivity index (χ1n) is 10.4. The number of piperidine rings is 1. The van der Waals surface area contributed by atoms with E-state index in [0.29, 0.717) is 12.5 Å². The lowest BCUT2D eigenvalue weighted by Crippen LogP contribution is -2.35. The van der Waals surface area contributed by atoms with Crippen molar-refractivity contribution in [1.29, 1.82) is 0 Å². The quantitative estimate of drug-likeness (QED) is 0.567. The van der Waals surface area contributed by atoms with E-state index in [1.165, 1.54) is 23.5 Å². The summed E-state index contributed by atoms with van der Waals surface area (Å²) in [4.78, 5) is 22.7. The van der Waals surface area contributed by atoms with E-state index >= 15 is 0 Å². The largest absolute Gasteiger partial charge is 0.442 e. The van der Waals surface area contributed by atoms with Crippen molar-refractivity contribution >= 4 is 23.2 Å². The molecule has 0 bridgehead atoms. The molecular weight excluding hydrogens is 415 g/mol. The fourth-order valence-electron chi connectivity index (χ4n) is 3.74. The Morgan fingerprint density at radius 2 is 2.06 bits per heavy atom. The highest BCUT2D eigenvalue weighted by Gasteiger charge is 2.20. The minimum atomic E-state index is -0.393. The Hall–Kier alpha value is -3.00. The van der Waals surface area contributed by atoms with Crippen LogP contribution in [0.15, 0.2) is 54.2 Å². The molecule has 0 radical (unpaired) electrons. The highest BCUT2D eigenvalue weighted by atomic mass is 32.1. The Kier molecular flexibility index (Phi) is 7.09. The number of nitrogens with one attached hydrogen (secondary N) is 1. The number of anilines is 1. The molecule has 31 heavy (non-hydrogen) atoms. The standard InChI is InChI=1S/C23H25FN4O2S/c24-20-3-1-2-18(14-20)19-4-5-21(27-15-19)28-11-7-17(8-12-28)6-9-26-23(29)30-16-22-25-10-13-31-22/h1-5,10,13-15,17H,6-9,11-12,16H2,(H,26,29). The van der Waals surface area contributed by atoms with E-state index < -0.39 is 6.09 Å². The van der Waals surface area contributed by atoms with Gasteiger partial charge in [-0.2, -0.15) is 0 Å². The predicted molar refractivity (Wildman–Crippen MR) is 119 cm³/mol. The van der Waals surface area contributed by atoms with Crippen molar-refractivity contribution in [1.82, 2.24) is 15.3 Å². The molecule has 1 aliphatic rings. The molecule has 6 nitrogen and oxygen atoms in total. The van der Waals surface area contributed by atoms with Gasteiger partial charge in [0.25, 0.3) is 0 Å². The Bertz CT molecular complexity index is 974. The number of alkyl carbamates (subject to hydrolysis) is 1. The maximum Gasteiger partial charge on any atom is 0.407 e. The molecule has 2 aromatic heterocycles. The normalized spacial score (nSPS) is 14.4. The second-order valence-corrected chi connectivity index (χ2v) is 8.54. The van der Waals surface area contributed by atoms with Crippen molar-refractivity contribution in [3.63, 3.8) is 0 Å². The summed E-state index contributed by atoms with van der Waals surface area (Å²) in [6.45, 7) is 2.70. The van der Waals surface area contributed by atoms with E-state index in [4.69, 9.17) is 4.74 Å². The summed E-state index contributed by atoms with van der Waals surface area (Å²) in [7, 11) is 0. The maximum atomic E-state index is 13.4. The minimum Gasteiger partial charge on any atom is -0.442 e. The van der Waals surface area contributed by atoms with Crippen LogP contribution in [0.2, 0.25) is 0 Å². The molecule has 8 heteroatoms. The summed E-state index contributed by atoms with van der Waals surface area (Å²) < 4.78 is 18.6. The average molecular weight is 441 g/mol. The van der Waals surface area contributed by atoms with E-state index in [1.54, 1.807) is 18.5 Å². The highest BCUT2D eigenvalue weighted by molar-refractivity contribution is 7.09. The summed E-state index contributed by atoms with van der Waals surface area (Å²) >= 11 is 1.47. The van der Waals surface area contributed by atoms with Crippen LogP contribution < -0.4 is 10.2 Å². The van der Waals surface area contributed by atoms with Crippen molar-refractivity contribution in [2.75, 3.05) is 24.5 Å². The Morgan fingerprint density at radius 1 is 1.19 bits per heavy atom. The zero-order valence-corrected chi connectivity index (χ0v) is 18.0. The van der Waals surface area contributed by atoms with Crippen LogP contribution in [0.1, 0.15) is 24.3 Å². The number of aromatic nitrogens is 2. The molecule has 4 rings (SSSR count). The van der Waals surface area contributed by atoms with Gasteiger partial charge in [-0.15, -0.1) is 11.3 Å². The maximum absolute atomic E-state index is 13.4. The highest BCUT2D eigenvalue weighted by Crippen LogP contribution is 2.26. The lowest BCUT2D eigenvalue weighted by atomic mass is 9.93. The second kappa shape index (κ2) is 10.3. The summed E-state index contributed by atoms with van der Waals surface area (Å²) in [5, 5.41) is 5.47. The molecule has 162 valence electrons. The Morgan fingerprint density at radius 3 is 2.77 bits per heavy atom. The van der Waals surface area contributed by atoms with Crippen LogP contribution in [0, 0.1) is 11.7 Å². The number of pyridine rings is 1. The number of benzene rings is 1. The third-order valence-corrected chi connectivity index (χ3v) is 6.23. The SMILES string of the molecule is O=C(NCCC1CCN(c2ccc(-c3cccc(F)c3)cn2)CC1)OCc1nccs1. The summed E-state index contributed by atoms with van der Waals surface area (Å²) in [6.07, 6.45) is 6.16. The third-order valence-electron chi connectivity index (χ3n) is 5.48. The molecule has 1 aromatic carbocycles. The van der Waals surface area contributed by atoms with E-state index in [2.05, 4.69) is 20.2 Å². The van der Waals surface area contributed by atoms with E-state index in [-0.39, 0.29) is 12.4 Å². The molecule has 0 spiro atoms. The number of rotatable bonds is 7. The Balaban J connectivity index is 1.18. The van der Waals surface area contributed by atoms with Gasteiger partial charge in [0.05, 0.1) is 0 Å². The Labute approximate surface area is 185 Å². The molecule has 0 atom stereocenters. The first kappa shape index (κ1) is 21.2. The first-order valence-corrected chi connectivity index (χ1v) is 11.3. The van der Waals surface area contributed by atoms with Crippen LogP contribution in [0.5, 0.6) is 0 Å². The van der Waals surface area contributed by atoms with Crippen LogP contribution in [0.4, 0.5) is 15.0 Å². The lowest BCUT2D eigenvalue weighted by Gasteiger charge is -2.32. The van der Waals surface area contributed by atoms with Gasteiger partial charge in [-0.3, -0.25) is 0 Å². The van der Waals surface area contributed by atoms with Crippen molar-refractivity contribution in [3.8, 4) is 11.1 Å². The first-order chi connectivity index (χ1) is 15.2. The molecule has 1 aliphatic heterocycles. The van der Waals surface area contributed by atoms with Gasteiger partial charge in [-0.1, -0.05) is 12.1 Å². The van der Waals surface area contributed by atoms with Gasteiger partial charge in [-0.25, -0.2) is 19.2 Å². The number of hydrogen-bond acceptors (Lipinski definition) is 6. The smallest absolute Gasteiger partial charge is 0.407 e. The van der Waals surface area contributed by atoms with Crippen LogP contribution in [0.3, 0.4) is 0 Å². The molecule has 0 aliphatic carbocycles. The van der Waals surface area contributed by atoms with Crippen LogP contribution in [0.25, 0.3) is 11.1 Å². The van der Waals surface area contributed by atoms with E-state index in [1.807, 2.05) is 23.6 Å². The topological polar surface area (TPSA) is 67.4 Å². The van der Waals surface area contributed by atoms with Gasteiger partial charge in [0, 0.05) is 43.0 Å². The summed E-state index contributed by atoms with van der Waals surface area (Å²) in [5.41, 5.74) is 1.74. The van der Waals surface area contributed by atoms with E-state index in [0.717, 1.165) is 54.3 Å². The van der Waals surface area contributed by atoms with Gasteiger partial charge < -0.3 is 15.0 Å². The van der Waals surface area contributed by atoms with Crippen molar-refractivity contribution in [2.24, 2.45) is 5.92 Å². The molecule has 1 N–H and O–H groups in total. The third kappa shape index (κ3) is 6.01. The minimum absolute atomic E-state index is 0.215. The van der Waals surface area contributed by atoms with Gasteiger partial charge in [-0.05, 0) is 55.0 Å². The zero-order valence-electron chi connectivity index (χ0n) is 17.2. The molecule has 1 fully saturated rings. The number of thiazole rings is 1. The second-order valence-electron chi connectivity index (χ2n) is 7.56. The molecule has 0 unspecified atom stereocenters. The van der Waals surface area contributed by atoms with Gasteiger partial charge in [0.2, 0.25) is 0 Å². The van der Waals surface area contributed by atoms with Crippen LogP contribution in [-0.4, -0.2) is 35.7 Å². The van der Waals surface area contributed by atoms with Crippen molar-refractivity contribution < 1.29 is 13.9 Å². The number of halogens is 1. The zero-order chi connectivity index (χ0) is 21.5. The number of carbonyl (C=O) groups excluding carboxylic acids is 1. The number of amides is 1. The number of hydrogen-bond donors (Lipinski definition) is 1. The number of nitrogens with zero attached hydrogens (tertiary/aromatic N) is 3. The fourth-order valence-corrected chi connectivity index (χ4v) is 4.27. The molecular formula is C23H25FN4O2S. The van der Waals surface area contributed by atoms with Gasteiger partial charge >= 0.3 is 6.09 Å². The number of ether oxygens (including phenoxy) is 1. The van der Waals surface area contributed by atoms with Crippen LogP contribution >= 0.6 is 11.3 Å². The van der Waals surface area contributed by atoms with Gasteiger partial charge in [0.15, 0.2) is 0 Å². The number of carbonyl (C=O) groups is 1. The molecule has 0 saturated carbocycles. The lowest BCUT2D eigenvalue weighted by molar-refractivity contribution is 0.138. The molecule has 1 amide bonds. The van der Waals surface area contributed by atoms with Gasteiger partial charge in [0.1, 0.15) is 23.2 Å². The van der Waals surface area contributed by atoms with Crippen LogP contribution in [-0.2, 0) is 11.3 Å². The van der Waals surface area contributed by atoms with E-state index in [9.17, 15) is 9.18 Å². The predicted octanol–water partition coefficient (Wildman–Crippen LogP) is 4.88. The molecule has 1 saturated heterocycles. The van der Waals surface area contributed by atoms with Crippen molar-refractivity contribution in [2.45, 2.75) is 25.9 Å².